The van der Waals surface area contributed by atoms with Gasteiger partial charge >= 0.3 is 0 Å². The Labute approximate surface area is 177 Å². The Balaban J connectivity index is 0.00000182. The van der Waals surface area contributed by atoms with Gasteiger partial charge in [-0.1, -0.05) is 0 Å². The molecule has 1 aliphatic heterocycles. The zero-order valence-electron chi connectivity index (χ0n) is 14.9. The quantitative estimate of drug-likeness (QED) is 0.691. The highest BCUT2D eigenvalue weighted by molar-refractivity contribution is 6.28. The molecule has 1 aliphatic carbocycles. The van der Waals surface area contributed by atoms with Crippen molar-refractivity contribution in [3.8, 4) is 6.07 Å². The Morgan fingerprint density at radius 3 is 2.63 bits per heavy atom. The number of nitriles is 1. The van der Waals surface area contributed by atoms with Crippen molar-refractivity contribution in [3.63, 3.8) is 0 Å². The number of halogens is 3. The Bertz CT molecular complexity index is 648. The molecule has 1 saturated carbocycles. The molecule has 0 unspecified atom stereocenters. The van der Waals surface area contributed by atoms with Crippen LogP contribution in [-0.2, 0) is 4.79 Å². The molecule has 1 amide bonds. The van der Waals surface area contributed by atoms with E-state index in [2.05, 4.69) is 26.7 Å². The summed E-state index contributed by atoms with van der Waals surface area (Å²) in [6.07, 6.45) is 7.40. The van der Waals surface area contributed by atoms with Crippen molar-refractivity contribution in [3.05, 3.63) is 17.5 Å². The fourth-order valence-electron chi connectivity index (χ4n) is 3.60. The zero-order chi connectivity index (χ0) is 17.6. The van der Waals surface area contributed by atoms with E-state index >= 15 is 0 Å². The molecule has 0 bridgehead atoms. The van der Waals surface area contributed by atoms with Crippen LogP contribution in [0.15, 0.2) is 12.3 Å². The van der Waals surface area contributed by atoms with Gasteiger partial charge < -0.3 is 15.5 Å². The zero-order valence-corrected chi connectivity index (χ0v) is 17.3. The molecule has 2 N–H and O–H groups in total. The molecule has 3 rings (SSSR count). The maximum atomic E-state index is 12.3. The van der Waals surface area contributed by atoms with E-state index in [0.717, 1.165) is 44.3 Å². The molecule has 1 aromatic heterocycles. The largest absolute Gasteiger partial charge is 0.367 e. The summed E-state index contributed by atoms with van der Waals surface area (Å²) < 4.78 is 0. The SMILES string of the molecule is Cl.Cl.N#C[C@@H]1CCCN1C(=O)CNC1CCC(Nc2ccnc(Cl)n2)CC1. The molecule has 2 fully saturated rings. The fourth-order valence-corrected chi connectivity index (χ4v) is 3.75. The lowest BCUT2D eigenvalue weighted by molar-refractivity contribution is -0.130. The van der Waals surface area contributed by atoms with E-state index in [4.69, 9.17) is 16.9 Å². The van der Waals surface area contributed by atoms with Crippen molar-refractivity contribution >= 4 is 48.1 Å². The molecular weight excluding hydrogens is 411 g/mol. The second-order valence-corrected chi connectivity index (χ2v) is 7.00. The minimum Gasteiger partial charge on any atom is -0.367 e. The van der Waals surface area contributed by atoms with E-state index in [1.165, 1.54) is 0 Å². The molecule has 2 heterocycles. The van der Waals surface area contributed by atoms with Crippen LogP contribution in [-0.4, -0.2) is 52.0 Å². The number of carbonyl (C=O) groups excluding carboxylic acids is 1. The van der Waals surface area contributed by atoms with Crippen LogP contribution in [0.5, 0.6) is 0 Å². The Morgan fingerprint density at radius 1 is 1.26 bits per heavy atom. The maximum Gasteiger partial charge on any atom is 0.237 e. The van der Waals surface area contributed by atoms with E-state index < -0.39 is 0 Å². The number of nitrogens with zero attached hydrogens (tertiary/aromatic N) is 4. The van der Waals surface area contributed by atoms with Crippen molar-refractivity contribution in [1.82, 2.24) is 20.2 Å². The maximum absolute atomic E-state index is 12.3. The van der Waals surface area contributed by atoms with Crippen molar-refractivity contribution < 1.29 is 4.79 Å². The molecule has 0 spiro atoms. The topological polar surface area (TPSA) is 93.9 Å². The van der Waals surface area contributed by atoms with Gasteiger partial charge in [-0.3, -0.25) is 4.79 Å². The van der Waals surface area contributed by atoms with Gasteiger partial charge in [0.1, 0.15) is 11.9 Å². The second-order valence-electron chi connectivity index (χ2n) is 6.66. The predicted molar refractivity (Wildman–Crippen MR) is 110 cm³/mol. The summed E-state index contributed by atoms with van der Waals surface area (Å²) in [6, 6.07) is 4.50. The normalized spacial score (nSPS) is 24.3. The monoisotopic (exact) mass is 434 g/mol. The first-order valence-corrected chi connectivity index (χ1v) is 9.21. The van der Waals surface area contributed by atoms with Gasteiger partial charge in [0, 0.05) is 24.8 Å². The third-order valence-electron chi connectivity index (χ3n) is 4.97. The third kappa shape index (κ3) is 6.65. The number of amides is 1. The molecule has 0 aromatic carbocycles. The van der Waals surface area contributed by atoms with E-state index in [-0.39, 0.29) is 42.0 Å². The van der Waals surface area contributed by atoms with E-state index in [1.807, 2.05) is 6.07 Å². The van der Waals surface area contributed by atoms with Crippen LogP contribution in [0.4, 0.5) is 5.82 Å². The first-order chi connectivity index (χ1) is 12.2. The molecule has 1 aromatic rings. The molecule has 10 heteroatoms. The van der Waals surface area contributed by atoms with Gasteiger partial charge in [-0.05, 0) is 56.2 Å². The number of aromatic nitrogens is 2. The molecule has 150 valence electrons. The van der Waals surface area contributed by atoms with Crippen molar-refractivity contribution in [2.24, 2.45) is 0 Å². The number of rotatable bonds is 5. The van der Waals surface area contributed by atoms with Crippen molar-refractivity contribution in [1.29, 1.82) is 5.26 Å². The minimum absolute atomic E-state index is 0. The smallest absolute Gasteiger partial charge is 0.237 e. The van der Waals surface area contributed by atoms with Gasteiger partial charge in [0.15, 0.2) is 0 Å². The van der Waals surface area contributed by atoms with Gasteiger partial charge in [0.25, 0.3) is 0 Å². The number of nitrogens with one attached hydrogen (secondary N) is 2. The summed E-state index contributed by atoms with van der Waals surface area (Å²) in [5, 5.41) is 16.1. The van der Waals surface area contributed by atoms with Crippen LogP contribution < -0.4 is 10.6 Å². The molecule has 27 heavy (non-hydrogen) atoms. The van der Waals surface area contributed by atoms with Gasteiger partial charge in [-0.25, -0.2) is 9.97 Å². The van der Waals surface area contributed by atoms with E-state index in [1.54, 1.807) is 11.1 Å². The van der Waals surface area contributed by atoms with Crippen LogP contribution in [0, 0.1) is 11.3 Å². The van der Waals surface area contributed by atoms with Crippen molar-refractivity contribution in [2.45, 2.75) is 56.7 Å². The van der Waals surface area contributed by atoms with E-state index in [9.17, 15) is 4.79 Å². The average molecular weight is 436 g/mol. The van der Waals surface area contributed by atoms with E-state index in [0.29, 0.717) is 25.2 Å². The first-order valence-electron chi connectivity index (χ1n) is 8.83. The van der Waals surface area contributed by atoms with Crippen LogP contribution in [0.2, 0.25) is 5.28 Å². The standard InChI is InChI=1S/C17H23ClN6O.2ClH/c18-17-20-8-7-15(23-17)22-13-5-3-12(4-6-13)21-11-16(25)24-9-1-2-14(24)10-19;;/h7-8,12-14,21H,1-6,9,11H2,(H,20,22,23);2*1H/t12?,13?,14-;;/m0../s1. The predicted octanol–water partition coefficient (Wildman–Crippen LogP) is 2.80. The van der Waals surface area contributed by atoms with Crippen LogP contribution in [0.3, 0.4) is 0 Å². The van der Waals surface area contributed by atoms with Gasteiger partial charge in [-0.15, -0.1) is 24.8 Å². The number of hydrogen-bond donors (Lipinski definition) is 2. The molecule has 7 nitrogen and oxygen atoms in total. The van der Waals surface area contributed by atoms with Gasteiger partial charge in [0.05, 0.1) is 12.6 Å². The summed E-state index contributed by atoms with van der Waals surface area (Å²) in [5.74, 6) is 0.795. The lowest BCUT2D eigenvalue weighted by atomic mass is 9.91. The second kappa shape index (κ2) is 11.5. The average Bonchev–Trinajstić information content (AvgIpc) is 3.10. The molecular formula is C17H25Cl3N6O. The molecule has 1 saturated heterocycles. The Hall–Kier alpha value is -1.33. The molecule has 1 atom stereocenters. The minimum atomic E-state index is -0.242. The number of carbonyl (C=O) groups is 1. The highest BCUT2D eigenvalue weighted by Gasteiger charge is 2.29. The van der Waals surface area contributed by atoms with Gasteiger partial charge in [-0.2, -0.15) is 5.26 Å². The summed E-state index contributed by atoms with van der Waals surface area (Å²) >= 11 is 5.80. The lowest BCUT2D eigenvalue weighted by Gasteiger charge is -2.30. The highest BCUT2D eigenvalue weighted by atomic mass is 35.5. The third-order valence-corrected chi connectivity index (χ3v) is 5.15. The summed E-state index contributed by atoms with van der Waals surface area (Å²) in [5.41, 5.74) is 0. The number of hydrogen-bond acceptors (Lipinski definition) is 6. The Morgan fingerprint density at radius 2 is 1.96 bits per heavy atom. The lowest BCUT2D eigenvalue weighted by Crippen LogP contribution is -2.45. The summed E-state index contributed by atoms with van der Waals surface area (Å²) in [6.45, 7) is 1.03. The van der Waals surface area contributed by atoms with Crippen LogP contribution in [0.1, 0.15) is 38.5 Å². The fraction of sp³-hybridized carbons (Fsp3) is 0.647. The Kier molecular flexibility index (Phi) is 10.1. The van der Waals surface area contributed by atoms with Crippen molar-refractivity contribution in [2.75, 3.05) is 18.4 Å². The van der Waals surface area contributed by atoms with Crippen LogP contribution in [0.25, 0.3) is 0 Å². The number of anilines is 1. The number of likely N-dealkylation sites (tertiary alicyclic amines) is 1. The summed E-state index contributed by atoms with van der Waals surface area (Å²) in [7, 11) is 0. The van der Waals surface area contributed by atoms with Gasteiger partial charge in [0.2, 0.25) is 11.2 Å². The highest BCUT2D eigenvalue weighted by Crippen LogP contribution is 2.22. The first kappa shape index (κ1) is 23.7. The summed E-state index contributed by atoms with van der Waals surface area (Å²) in [4.78, 5) is 22.0. The molecule has 0 radical (unpaired) electrons. The molecule has 2 aliphatic rings. The van der Waals surface area contributed by atoms with Crippen LogP contribution >= 0.6 is 36.4 Å².